The van der Waals surface area contributed by atoms with Gasteiger partial charge in [0, 0.05) is 47.1 Å². The van der Waals surface area contributed by atoms with Gasteiger partial charge in [-0.15, -0.1) is 0 Å². The van der Waals surface area contributed by atoms with Crippen molar-refractivity contribution >= 4 is 76.3 Å². The number of anilines is 2. The van der Waals surface area contributed by atoms with Crippen molar-refractivity contribution in [3.8, 4) is 0 Å². The quantitative estimate of drug-likeness (QED) is 0.0511. The van der Waals surface area contributed by atoms with Crippen molar-refractivity contribution in [1.29, 1.82) is 0 Å². The lowest BCUT2D eigenvalue weighted by Gasteiger charge is -2.26. The number of nitrogen functional groups attached to an aromatic ring is 1. The van der Waals surface area contributed by atoms with Gasteiger partial charge in [-0.2, -0.15) is 16.7 Å². The minimum absolute atomic E-state index is 0.0350. The zero-order valence-electron chi connectivity index (χ0n) is 34.3. The third kappa shape index (κ3) is 16.7. The normalized spacial score (nSPS) is 17.2. The van der Waals surface area contributed by atoms with Crippen molar-refractivity contribution in [3.63, 3.8) is 0 Å². The molecule has 1 aromatic carbocycles. The van der Waals surface area contributed by atoms with E-state index >= 15 is 0 Å². The van der Waals surface area contributed by atoms with Crippen LogP contribution in [0.15, 0.2) is 35.3 Å². The number of H-pyrrole nitrogens is 1. The van der Waals surface area contributed by atoms with Crippen molar-refractivity contribution in [2.45, 2.75) is 94.8 Å². The fourth-order valence-corrected chi connectivity index (χ4v) is 7.39. The smallest absolute Gasteiger partial charge is 0.326 e. The van der Waals surface area contributed by atoms with E-state index < -0.39 is 58.8 Å². The maximum Gasteiger partial charge on any atom is 0.326 e. The molecular formula is C38H52N10O14S. The average molecular weight is 905 g/mol. The van der Waals surface area contributed by atoms with Gasteiger partial charge in [0.2, 0.25) is 11.9 Å². The minimum atomic E-state index is -1.35. The lowest BCUT2D eigenvalue weighted by molar-refractivity contribution is -0.141. The number of carbonyl (C=O) groups is 7. The van der Waals surface area contributed by atoms with Crippen LogP contribution < -0.4 is 37.9 Å². The molecule has 14 N–H and O–H groups in total. The number of nitrogens with one attached hydrogen (secondary N) is 6. The number of benzene rings is 1. The first-order valence-corrected chi connectivity index (χ1v) is 20.5. The van der Waals surface area contributed by atoms with Gasteiger partial charge in [0.15, 0.2) is 11.2 Å². The predicted octanol–water partition coefficient (Wildman–Crippen LogP) is -0.291. The summed E-state index contributed by atoms with van der Waals surface area (Å²) in [5.74, 6) is -4.61. The van der Waals surface area contributed by atoms with Gasteiger partial charge >= 0.3 is 29.9 Å². The summed E-state index contributed by atoms with van der Waals surface area (Å²) < 4.78 is 0. The highest BCUT2D eigenvalue weighted by Gasteiger charge is 2.42. The summed E-state index contributed by atoms with van der Waals surface area (Å²) in [6.07, 6.45) is 2.17. The van der Waals surface area contributed by atoms with E-state index in [2.05, 4.69) is 46.5 Å². The second-order valence-corrected chi connectivity index (χ2v) is 16.2. The first-order valence-electron chi connectivity index (χ1n) is 19.5. The molecule has 25 heteroatoms. The van der Waals surface area contributed by atoms with Crippen LogP contribution in [0.1, 0.15) is 74.8 Å². The summed E-state index contributed by atoms with van der Waals surface area (Å²) in [7, 11) is 0. The molecule has 2 saturated heterocycles. The molecule has 2 aromatic heterocycles. The topological polar surface area (TPSA) is 399 Å². The Bertz CT molecular complexity index is 2160. The number of urea groups is 1. The van der Waals surface area contributed by atoms with Crippen molar-refractivity contribution in [1.82, 2.24) is 41.2 Å². The van der Waals surface area contributed by atoms with Crippen LogP contribution in [-0.4, -0.2) is 141 Å². The number of carboxylic acid groups (broad SMARTS) is 4. The maximum atomic E-state index is 12.3. The zero-order valence-corrected chi connectivity index (χ0v) is 35.1. The van der Waals surface area contributed by atoms with Gasteiger partial charge in [-0.25, -0.2) is 19.6 Å². The van der Waals surface area contributed by atoms with Gasteiger partial charge in [-0.05, 0) is 43.5 Å². The van der Waals surface area contributed by atoms with Gasteiger partial charge in [0.1, 0.15) is 12.1 Å². The summed E-state index contributed by atoms with van der Waals surface area (Å²) in [6.45, 7) is 2.94. The van der Waals surface area contributed by atoms with E-state index in [9.17, 15) is 43.5 Å². The summed E-state index contributed by atoms with van der Waals surface area (Å²) in [5, 5.41) is 67.0. The second-order valence-electron chi connectivity index (χ2n) is 15.0. The molecule has 0 bridgehead atoms. The number of aliphatic hydroxyl groups is 2. The molecule has 2 aliphatic rings. The average Bonchev–Trinajstić information content (AvgIpc) is 3.79. The number of nitrogens with zero attached hydrogens (tertiary/aromatic N) is 3. The summed E-state index contributed by atoms with van der Waals surface area (Å²) >= 11 is 1.87. The van der Waals surface area contributed by atoms with Gasteiger partial charge < -0.3 is 63.0 Å². The van der Waals surface area contributed by atoms with E-state index in [-0.39, 0.29) is 86.2 Å². The number of aromatic nitrogens is 4. The summed E-state index contributed by atoms with van der Waals surface area (Å²) in [5.41, 5.74) is 5.53. The Labute approximate surface area is 363 Å². The number of nitrogens with two attached hydrogens (primary N) is 1. The number of aliphatic hydroxyl groups excluding tert-OH is 2. The minimum Gasteiger partial charge on any atom is -0.481 e. The van der Waals surface area contributed by atoms with E-state index in [1.165, 1.54) is 32.2 Å². The number of amides is 4. The van der Waals surface area contributed by atoms with Crippen LogP contribution in [0.5, 0.6) is 0 Å². The van der Waals surface area contributed by atoms with Crippen LogP contribution in [0.25, 0.3) is 11.2 Å². The molecule has 2 fully saturated rings. The molecule has 5 atom stereocenters. The second kappa shape index (κ2) is 24.1. The fourth-order valence-electron chi connectivity index (χ4n) is 5.85. The molecule has 5 rings (SSSR count). The molecule has 24 nitrogen and oxygen atoms in total. The standard InChI is InChI=1S/C19H19N7O6.C10H16N2O3S.C9H17NO5/c20-19-25-15-14(17(30)26-19)23-11(8-22-15)7-21-10-3-1-9(2-4-10)16(29)24-12(18(31)32)5-6-13(27)28;13-8(14)4-2-1-3-7-9-6(5-16-7)11-10(15)12-9;1-9(2,5-11)7(14)8(15)10-4-3-6(12)13/h1-4,8,12,21H,5-7H2,(H,24,29)(H,27,28)(H,31,32)(H3,20,22,25,26,30);6-7,9H,1-5H2,(H,13,14)(H2,11,12,15);7,11,14H,3-5H2,1-2H3,(H,10,15)(H,12,13)/t12-;6-,7-,9-;7-/m000/s1. The van der Waals surface area contributed by atoms with Crippen molar-refractivity contribution in [2.24, 2.45) is 5.41 Å². The Hall–Kier alpha value is -6.60. The van der Waals surface area contributed by atoms with Crippen LogP contribution in [-0.2, 0) is 30.5 Å². The molecule has 0 unspecified atom stereocenters. The van der Waals surface area contributed by atoms with Crippen molar-refractivity contribution in [3.05, 3.63) is 52.1 Å². The van der Waals surface area contributed by atoms with Crippen LogP contribution in [0.2, 0.25) is 0 Å². The molecule has 63 heavy (non-hydrogen) atoms. The fraction of sp³-hybridized carbons (Fsp3) is 0.500. The lowest BCUT2D eigenvalue weighted by atomic mass is 9.87. The molecular weight excluding hydrogens is 853 g/mol. The largest absolute Gasteiger partial charge is 0.481 e. The highest BCUT2D eigenvalue weighted by Crippen LogP contribution is 2.33. The number of hydrogen-bond donors (Lipinski definition) is 13. The molecule has 0 saturated carbocycles. The highest BCUT2D eigenvalue weighted by molar-refractivity contribution is 8.00. The summed E-state index contributed by atoms with van der Waals surface area (Å²) in [6, 6.07) is 5.30. The Morgan fingerprint density at radius 2 is 1.60 bits per heavy atom. The predicted molar refractivity (Wildman–Crippen MR) is 226 cm³/mol. The van der Waals surface area contributed by atoms with Gasteiger partial charge in [-0.1, -0.05) is 20.3 Å². The van der Waals surface area contributed by atoms with E-state index in [0.29, 0.717) is 16.6 Å². The molecule has 0 radical (unpaired) electrons. The van der Waals surface area contributed by atoms with Crippen molar-refractivity contribution < 1.29 is 64.2 Å². The van der Waals surface area contributed by atoms with E-state index in [1.54, 1.807) is 12.1 Å². The number of rotatable bonds is 20. The lowest BCUT2D eigenvalue weighted by Crippen LogP contribution is -2.45. The highest BCUT2D eigenvalue weighted by atomic mass is 32.2. The molecule has 0 spiro atoms. The number of fused-ring (bicyclic) bond motifs is 2. The number of aromatic amines is 1. The van der Waals surface area contributed by atoms with Crippen LogP contribution >= 0.6 is 11.8 Å². The van der Waals surface area contributed by atoms with Crippen LogP contribution in [0.4, 0.5) is 16.4 Å². The molecule has 0 aliphatic carbocycles. The Balaban J connectivity index is 0.000000284. The van der Waals surface area contributed by atoms with Crippen molar-refractivity contribution in [2.75, 3.05) is 30.0 Å². The van der Waals surface area contributed by atoms with E-state index in [1.807, 2.05) is 11.8 Å². The number of thioether (sulfide) groups is 1. The third-order valence-corrected chi connectivity index (χ3v) is 11.0. The Kier molecular flexibility index (Phi) is 19.5. The van der Waals surface area contributed by atoms with Gasteiger partial charge in [-0.3, -0.25) is 33.8 Å². The third-order valence-electron chi connectivity index (χ3n) is 9.46. The van der Waals surface area contributed by atoms with E-state index in [4.69, 9.17) is 31.3 Å². The Morgan fingerprint density at radius 1 is 0.937 bits per heavy atom. The molecule has 4 heterocycles. The number of carbonyl (C=O) groups excluding carboxylic acids is 3. The first-order chi connectivity index (χ1) is 29.7. The monoisotopic (exact) mass is 904 g/mol. The molecule has 2 aliphatic heterocycles. The summed E-state index contributed by atoms with van der Waals surface area (Å²) in [4.78, 5) is 103. The Morgan fingerprint density at radius 3 is 2.22 bits per heavy atom. The van der Waals surface area contributed by atoms with Crippen LogP contribution in [0, 0.1) is 5.41 Å². The number of aliphatic carboxylic acids is 4. The first kappa shape index (κ1) is 50.8. The molecule has 344 valence electrons. The SMILES string of the molecule is CC(C)(CO)[C@@H](O)C(=O)NCCC(=O)O.Nc1nc2ncc(CNc3ccc(C(=O)N[C@@H](CCC(=O)O)C(=O)O)cc3)nc2c(=O)[nH]1.O=C(O)CCCC[C@@H]1SC[C@@H]2NC(=O)N[C@@H]21. The molecule has 3 aromatic rings. The van der Waals surface area contributed by atoms with Gasteiger partial charge in [0.05, 0.1) is 43.5 Å². The number of unbranched alkanes of at least 4 members (excludes halogenated alkanes) is 1. The molecule has 4 amide bonds. The zero-order chi connectivity index (χ0) is 46.9. The number of hydrogen-bond acceptors (Lipinski definition) is 16. The van der Waals surface area contributed by atoms with Gasteiger partial charge in [0.25, 0.3) is 11.5 Å². The number of carboxylic acids is 4. The van der Waals surface area contributed by atoms with Crippen LogP contribution in [0.3, 0.4) is 0 Å². The van der Waals surface area contributed by atoms with E-state index in [0.717, 1.165) is 25.0 Å². The maximum absolute atomic E-state index is 12.3.